The summed E-state index contributed by atoms with van der Waals surface area (Å²) >= 11 is 5.16. The van der Waals surface area contributed by atoms with Gasteiger partial charge >= 0.3 is 0 Å². The number of methoxy groups -OCH3 is 1. The van der Waals surface area contributed by atoms with Crippen LogP contribution in [0.15, 0.2) is 34.1 Å². The second kappa shape index (κ2) is 7.76. The molecule has 6 heteroatoms. The van der Waals surface area contributed by atoms with E-state index in [0.717, 1.165) is 26.5 Å². The number of anilines is 1. The Morgan fingerprint density at radius 1 is 1.36 bits per heavy atom. The van der Waals surface area contributed by atoms with E-state index in [4.69, 9.17) is 4.74 Å². The van der Waals surface area contributed by atoms with E-state index in [9.17, 15) is 4.79 Å². The number of thiophene rings is 1. The summed E-state index contributed by atoms with van der Waals surface area (Å²) in [7, 11) is 3.62. The molecule has 118 valence electrons. The molecule has 0 saturated heterocycles. The molecule has 0 bridgehead atoms. The average Bonchev–Trinajstić information content (AvgIpc) is 2.83. The lowest BCUT2D eigenvalue weighted by Gasteiger charge is -2.14. The van der Waals surface area contributed by atoms with Gasteiger partial charge < -0.3 is 15.0 Å². The number of nitrogens with one attached hydrogen (secondary N) is 2. The highest BCUT2D eigenvalue weighted by molar-refractivity contribution is 9.11. The topological polar surface area (TPSA) is 42.8 Å². The Morgan fingerprint density at radius 2 is 2.14 bits per heavy atom. The highest BCUT2D eigenvalue weighted by Crippen LogP contribution is 2.25. The van der Waals surface area contributed by atoms with Gasteiger partial charge in [-0.3, -0.25) is 4.79 Å². The maximum atomic E-state index is 12.2. The Bertz CT molecular complexity index is 657. The van der Waals surface area contributed by atoms with Gasteiger partial charge in [0.15, 0.2) is 6.54 Å². The maximum absolute atomic E-state index is 12.2. The number of carbonyl (C=O) groups is 1. The van der Waals surface area contributed by atoms with E-state index < -0.39 is 0 Å². The number of ether oxygens (including phenoxy) is 1. The number of amides is 1. The summed E-state index contributed by atoms with van der Waals surface area (Å²) in [5.74, 6) is 0.663. The van der Waals surface area contributed by atoms with Crippen LogP contribution in [-0.4, -0.2) is 26.6 Å². The van der Waals surface area contributed by atoms with Gasteiger partial charge in [0.25, 0.3) is 5.91 Å². The Kier molecular flexibility index (Phi) is 5.99. The van der Waals surface area contributed by atoms with Gasteiger partial charge in [-0.05, 0) is 52.7 Å². The zero-order valence-electron chi connectivity index (χ0n) is 12.9. The number of hydrogen-bond donors (Lipinski definition) is 2. The van der Waals surface area contributed by atoms with Crippen molar-refractivity contribution in [3.8, 4) is 5.75 Å². The Morgan fingerprint density at radius 3 is 2.77 bits per heavy atom. The lowest BCUT2D eigenvalue weighted by atomic mass is 10.2. The van der Waals surface area contributed by atoms with E-state index in [2.05, 4.69) is 27.3 Å². The third-order valence-electron chi connectivity index (χ3n) is 3.20. The number of hydrogen-bond acceptors (Lipinski definition) is 3. The summed E-state index contributed by atoms with van der Waals surface area (Å²) in [6, 6.07) is 9.86. The molecule has 1 aromatic heterocycles. The molecule has 1 amide bonds. The van der Waals surface area contributed by atoms with Crippen LogP contribution in [0.25, 0.3) is 0 Å². The van der Waals surface area contributed by atoms with E-state index in [0.29, 0.717) is 12.3 Å². The molecule has 0 aliphatic heterocycles. The van der Waals surface area contributed by atoms with Gasteiger partial charge in [-0.15, -0.1) is 11.3 Å². The van der Waals surface area contributed by atoms with Crippen LogP contribution >= 0.6 is 27.3 Å². The first kappa shape index (κ1) is 17.0. The smallest absolute Gasteiger partial charge is 0.279 e. The fourth-order valence-corrected chi connectivity index (χ4v) is 3.79. The number of quaternary nitrogens is 1. The first-order chi connectivity index (χ1) is 10.5. The molecule has 1 aromatic carbocycles. The number of aryl methyl sites for hydroxylation is 1. The van der Waals surface area contributed by atoms with E-state index in [1.54, 1.807) is 18.4 Å². The minimum atomic E-state index is -0.0166. The second-order valence-corrected chi connectivity index (χ2v) is 7.82. The molecule has 0 saturated carbocycles. The van der Waals surface area contributed by atoms with Gasteiger partial charge in [-0.2, -0.15) is 0 Å². The van der Waals surface area contributed by atoms with Gasteiger partial charge in [0.1, 0.15) is 12.3 Å². The van der Waals surface area contributed by atoms with Crippen molar-refractivity contribution in [2.45, 2.75) is 13.5 Å². The monoisotopic (exact) mass is 383 g/mol. The van der Waals surface area contributed by atoms with Crippen molar-refractivity contribution in [1.82, 2.24) is 0 Å². The van der Waals surface area contributed by atoms with E-state index in [-0.39, 0.29) is 5.91 Å². The molecule has 1 unspecified atom stereocenters. The normalized spacial score (nSPS) is 12.0. The Balaban J connectivity index is 1.93. The van der Waals surface area contributed by atoms with Crippen LogP contribution in [0.3, 0.4) is 0 Å². The molecule has 0 aliphatic carbocycles. The first-order valence-corrected chi connectivity index (χ1v) is 8.59. The van der Waals surface area contributed by atoms with Crippen molar-refractivity contribution in [3.63, 3.8) is 0 Å². The zero-order valence-corrected chi connectivity index (χ0v) is 15.3. The summed E-state index contributed by atoms with van der Waals surface area (Å²) in [4.78, 5) is 14.6. The number of likely N-dealkylation sites (N-methyl/N-ethyl adjacent to an activating group) is 1. The van der Waals surface area contributed by atoms with E-state index in [1.165, 1.54) is 4.88 Å². The van der Waals surface area contributed by atoms with Crippen LogP contribution in [0.4, 0.5) is 5.69 Å². The van der Waals surface area contributed by atoms with Crippen LogP contribution in [-0.2, 0) is 11.3 Å². The summed E-state index contributed by atoms with van der Waals surface area (Å²) in [6.07, 6.45) is 0. The van der Waals surface area contributed by atoms with Crippen LogP contribution in [0.2, 0.25) is 0 Å². The predicted molar refractivity (Wildman–Crippen MR) is 93.8 cm³/mol. The molecule has 2 N–H and O–H groups in total. The zero-order chi connectivity index (χ0) is 16.1. The lowest BCUT2D eigenvalue weighted by molar-refractivity contribution is -0.884. The number of carbonyl (C=O) groups excluding carboxylic acids is 1. The minimum Gasteiger partial charge on any atom is -0.495 e. The second-order valence-electron chi connectivity index (χ2n) is 5.27. The molecule has 0 spiro atoms. The Hall–Kier alpha value is -1.37. The number of halogens is 1. The van der Waals surface area contributed by atoms with Gasteiger partial charge in [0, 0.05) is 0 Å². The molecular formula is C16H20BrN2O2S+. The van der Waals surface area contributed by atoms with Gasteiger partial charge in [0.05, 0.1) is 28.5 Å². The van der Waals surface area contributed by atoms with Crippen molar-refractivity contribution in [2.24, 2.45) is 0 Å². The fraction of sp³-hybridized carbons (Fsp3) is 0.312. The standard InChI is InChI=1S/C16H19BrN2O2S/c1-11-4-6-14(21-3)13(8-11)18-16(20)10-19(2)9-12-5-7-15(17)22-12/h4-8H,9-10H2,1-3H3,(H,18,20)/p+1. The van der Waals surface area contributed by atoms with Crippen molar-refractivity contribution < 1.29 is 14.4 Å². The van der Waals surface area contributed by atoms with Crippen LogP contribution in [0, 0.1) is 6.92 Å². The van der Waals surface area contributed by atoms with Crippen LogP contribution < -0.4 is 15.0 Å². The number of benzene rings is 1. The molecule has 1 heterocycles. The molecular weight excluding hydrogens is 364 g/mol. The average molecular weight is 384 g/mol. The predicted octanol–water partition coefficient (Wildman–Crippen LogP) is 2.48. The van der Waals surface area contributed by atoms with Gasteiger partial charge in [-0.25, -0.2) is 0 Å². The SMILES string of the molecule is COc1ccc(C)cc1NC(=O)C[NH+](C)Cc1ccc(Br)s1. The van der Waals surface area contributed by atoms with E-state index in [1.807, 2.05) is 38.2 Å². The minimum absolute atomic E-state index is 0.0166. The lowest BCUT2D eigenvalue weighted by Crippen LogP contribution is -3.08. The molecule has 1 atom stereocenters. The molecule has 4 nitrogen and oxygen atoms in total. The summed E-state index contributed by atoms with van der Waals surface area (Å²) in [6.45, 7) is 3.22. The van der Waals surface area contributed by atoms with Crippen LogP contribution in [0.1, 0.15) is 10.4 Å². The largest absolute Gasteiger partial charge is 0.495 e. The number of rotatable bonds is 6. The molecule has 0 aliphatic rings. The highest BCUT2D eigenvalue weighted by Gasteiger charge is 2.14. The van der Waals surface area contributed by atoms with Crippen molar-refractivity contribution in [3.05, 3.63) is 44.6 Å². The first-order valence-electron chi connectivity index (χ1n) is 6.98. The quantitative estimate of drug-likeness (QED) is 0.804. The van der Waals surface area contributed by atoms with Gasteiger partial charge in [-0.1, -0.05) is 6.07 Å². The van der Waals surface area contributed by atoms with Crippen LogP contribution in [0.5, 0.6) is 5.75 Å². The summed E-state index contributed by atoms with van der Waals surface area (Å²) in [5, 5.41) is 2.93. The van der Waals surface area contributed by atoms with Crippen molar-refractivity contribution >= 4 is 38.9 Å². The molecule has 0 radical (unpaired) electrons. The molecule has 22 heavy (non-hydrogen) atoms. The molecule has 2 aromatic rings. The Labute approximate surface area is 143 Å². The summed E-state index contributed by atoms with van der Waals surface area (Å²) < 4.78 is 6.39. The molecule has 2 rings (SSSR count). The third-order valence-corrected chi connectivity index (χ3v) is 4.82. The fourth-order valence-electron chi connectivity index (χ4n) is 2.19. The van der Waals surface area contributed by atoms with Crippen molar-refractivity contribution in [2.75, 3.05) is 26.0 Å². The molecule has 0 fully saturated rings. The van der Waals surface area contributed by atoms with E-state index >= 15 is 0 Å². The summed E-state index contributed by atoms with van der Waals surface area (Å²) in [5.41, 5.74) is 1.81. The maximum Gasteiger partial charge on any atom is 0.279 e. The van der Waals surface area contributed by atoms with Crippen molar-refractivity contribution in [1.29, 1.82) is 0 Å². The third kappa shape index (κ3) is 4.83. The highest BCUT2D eigenvalue weighted by atomic mass is 79.9. The van der Waals surface area contributed by atoms with Gasteiger partial charge in [0.2, 0.25) is 0 Å².